The Labute approximate surface area is 167 Å². The molecular weight excluding hydrogens is 356 g/mol. The Kier molecular flexibility index (Phi) is 5.57. The third-order valence-electron chi connectivity index (χ3n) is 5.40. The van der Waals surface area contributed by atoms with E-state index in [4.69, 9.17) is 0 Å². The maximum atomic E-state index is 13.8. The monoisotopic (exact) mass is 386 g/mol. The van der Waals surface area contributed by atoms with Crippen LogP contribution in [0.25, 0.3) is 0 Å². The first-order valence-corrected chi connectivity index (χ1v) is 9.38. The summed E-state index contributed by atoms with van der Waals surface area (Å²) in [6.07, 6.45) is -0.279. The van der Waals surface area contributed by atoms with Crippen LogP contribution in [0.3, 0.4) is 0 Å². The van der Waals surface area contributed by atoms with Crippen LogP contribution >= 0.6 is 0 Å². The molecule has 0 aromatic heterocycles. The zero-order chi connectivity index (χ0) is 21.5. The molecule has 1 heterocycles. The van der Waals surface area contributed by atoms with E-state index < -0.39 is 22.8 Å². The summed E-state index contributed by atoms with van der Waals surface area (Å²) in [6, 6.07) is 6.88. The molecule has 0 saturated heterocycles. The van der Waals surface area contributed by atoms with Gasteiger partial charge in [-0.25, -0.2) is 9.69 Å². The number of nitrogens with zero attached hydrogens (tertiary/aromatic N) is 2. The third-order valence-corrected chi connectivity index (χ3v) is 5.40. The molecule has 1 aliphatic heterocycles. The average molecular weight is 386 g/mol. The Morgan fingerprint density at radius 1 is 1.04 bits per heavy atom. The van der Waals surface area contributed by atoms with Gasteiger partial charge < -0.3 is 4.74 Å². The fourth-order valence-corrected chi connectivity index (χ4v) is 3.61. The van der Waals surface area contributed by atoms with Gasteiger partial charge in [-0.1, -0.05) is 66.7 Å². The van der Waals surface area contributed by atoms with Gasteiger partial charge in [0, 0.05) is 5.56 Å². The van der Waals surface area contributed by atoms with Crippen molar-refractivity contribution >= 4 is 29.3 Å². The van der Waals surface area contributed by atoms with Crippen LogP contribution in [0.4, 0.5) is 10.5 Å². The van der Waals surface area contributed by atoms with Gasteiger partial charge in [0.05, 0.1) is 18.2 Å². The highest BCUT2D eigenvalue weighted by molar-refractivity contribution is 6.59. The van der Waals surface area contributed by atoms with Gasteiger partial charge in [0.15, 0.2) is 0 Å². The summed E-state index contributed by atoms with van der Waals surface area (Å²) in [7, 11) is 1.20. The van der Waals surface area contributed by atoms with Gasteiger partial charge in [0.25, 0.3) is 5.91 Å². The number of aliphatic imine (C=N–C) groups is 1. The highest BCUT2D eigenvalue weighted by Gasteiger charge is 2.52. The first-order valence-electron chi connectivity index (χ1n) is 9.38. The van der Waals surface area contributed by atoms with E-state index in [9.17, 15) is 14.4 Å². The van der Waals surface area contributed by atoms with Crippen LogP contribution in [0.2, 0.25) is 0 Å². The summed E-state index contributed by atoms with van der Waals surface area (Å²) in [5.74, 6) is -0.886. The van der Waals surface area contributed by atoms with Crippen molar-refractivity contribution in [3.63, 3.8) is 0 Å². The lowest BCUT2D eigenvalue weighted by Crippen LogP contribution is -2.52. The molecule has 0 bridgehead atoms. The van der Waals surface area contributed by atoms with Crippen LogP contribution in [0.5, 0.6) is 0 Å². The Bertz CT molecular complexity index is 843. The summed E-state index contributed by atoms with van der Waals surface area (Å²) in [5, 5.41) is 0. The SMILES string of the molecule is COC(=O)/N=C1/C(=O)N(C(=O)C(C)(CC(C)(C)C)C(C)(C)C)c2ccccc21. The topological polar surface area (TPSA) is 76.0 Å². The number of benzene rings is 1. The lowest BCUT2D eigenvalue weighted by Gasteiger charge is -2.45. The van der Waals surface area contributed by atoms with Crippen LogP contribution in [0, 0.1) is 16.2 Å². The second-order valence-electron chi connectivity index (χ2n) is 9.71. The molecule has 0 fully saturated rings. The zero-order valence-electron chi connectivity index (χ0n) is 18.0. The fraction of sp³-hybridized carbons (Fsp3) is 0.545. The van der Waals surface area contributed by atoms with Gasteiger partial charge in [-0.05, 0) is 23.3 Å². The summed E-state index contributed by atoms with van der Waals surface area (Å²) < 4.78 is 4.58. The Morgan fingerprint density at radius 3 is 2.11 bits per heavy atom. The van der Waals surface area contributed by atoms with E-state index in [-0.39, 0.29) is 17.0 Å². The number of carbonyl (C=O) groups excluding carboxylic acids is 3. The Balaban J connectivity index is 2.62. The molecule has 1 atom stereocenters. The zero-order valence-corrected chi connectivity index (χ0v) is 18.0. The molecule has 6 nitrogen and oxygen atoms in total. The second kappa shape index (κ2) is 7.15. The molecule has 152 valence electrons. The number of hydrogen-bond donors (Lipinski definition) is 0. The van der Waals surface area contributed by atoms with Crippen molar-refractivity contribution in [3.05, 3.63) is 29.8 Å². The summed E-state index contributed by atoms with van der Waals surface area (Å²) in [6.45, 7) is 14.2. The third kappa shape index (κ3) is 3.86. The standard InChI is InChI=1S/C22H30N2O4/c1-20(2,3)13-22(7,21(4,5)6)18(26)24-15-12-10-9-11-14(15)16(17(24)25)23-19(27)28-8/h9-12H,13H2,1-8H3/b23-16+. The molecule has 0 spiro atoms. The smallest absolute Gasteiger partial charge is 0.434 e. The molecule has 2 rings (SSSR count). The molecule has 6 heteroatoms. The molecule has 28 heavy (non-hydrogen) atoms. The van der Waals surface area contributed by atoms with Crippen LogP contribution < -0.4 is 4.90 Å². The highest BCUT2D eigenvalue weighted by Crippen LogP contribution is 2.49. The second-order valence-corrected chi connectivity index (χ2v) is 9.71. The number of para-hydroxylation sites is 1. The van der Waals surface area contributed by atoms with E-state index in [0.717, 1.165) is 0 Å². The Hall–Kier alpha value is -2.50. The van der Waals surface area contributed by atoms with Crippen LogP contribution in [-0.2, 0) is 14.3 Å². The van der Waals surface area contributed by atoms with Crippen molar-refractivity contribution in [3.8, 4) is 0 Å². The van der Waals surface area contributed by atoms with Crippen molar-refractivity contribution in [2.75, 3.05) is 12.0 Å². The van der Waals surface area contributed by atoms with Crippen molar-refractivity contribution < 1.29 is 19.1 Å². The first kappa shape index (κ1) is 21.8. The molecule has 0 N–H and O–H groups in total. The van der Waals surface area contributed by atoms with Gasteiger partial charge in [-0.2, -0.15) is 4.99 Å². The molecule has 1 unspecified atom stereocenters. The number of rotatable bonds is 2. The minimum atomic E-state index is -0.874. The Morgan fingerprint density at radius 2 is 1.61 bits per heavy atom. The molecule has 0 saturated carbocycles. The van der Waals surface area contributed by atoms with E-state index in [1.807, 2.05) is 27.7 Å². The van der Waals surface area contributed by atoms with Crippen molar-refractivity contribution in [2.45, 2.75) is 54.9 Å². The quantitative estimate of drug-likeness (QED) is 0.744. The van der Waals surface area contributed by atoms with Gasteiger partial charge in [-0.3, -0.25) is 9.59 Å². The van der Waals surface area contributed by atoms with Crippen LogP contribution in [-0.4, -0.2) is 30.7 Å². The maximum Gasteiger partial charge on any atom is 0.434 e. The number of hydrogen-bond acceptors (Lipinski definition) is 4. The lowest BCUT2D eigenvalue weighted by atomic mass is 9.60. The molecule has 0 radical (unpaired) electrons. The number of ether oxygens (including phenoxy) is 1. The van der Waals surface area contributed by atoms with E-state index in [1.165, 1.54) is 12.0 Å². The number of carbonyl (C=O) groups is 3. The summed E-state index contributed by atoms with van der Waals surface area (Å²) >= 11 is 0. The molecule has 1 aromatic carbocycles. The minimum Gasteiger partial charge on any atom is -0.451 e. The number of imide groups is 1. The van der Waals surface area contributed by atoms with Crippen molar-refractivity contribution in [1.82, 2.24) is 0 Å². The van der Waals surface area contributed by atoms with E-state index in [2.05, 4.69) is 30.5 Å². The fourth-order valence-electron chi connectivity index (χ4n) is 3.61. The number of amides is 3. The van der Waals surface area contributed by atoms with Gasteiger partial charge >= 0.3 is 6.09 Å². The molecule has 1 aliphatic rings. The van der Waals surface area contributed by atoms with Gasteiger partial charge in [0.2, 0.25) is 5.91 Å². The lowest BCUT2D eigenvalue weighted by molar-refractivity contribution is -0.138. The van der Waals surface area contributed by atoms with Gasteiger partial charge in [-0.15, -0.1) is 0 Å². The molecular formula is C22H30N2O4. The highest BCUT2D eigenvalue weighted by atomic mass is 16.5. The predicted octanol–water partition coefficient (Wildman–Crippen LogP) is 4.60. The normalized spacial score (nSPS) is 18.1. The number of fused-ring (bicyclic) bond motifs is 1. The van der Waals surface area contributed by atoms with E-state index >= 15 is 0 Å². The largest absolute Gasteiger partial charge is 0.451 e. The van der Waals surface area contributed by atoms with Gasteiger partial charge in [0.1, 0.15) is 5.71 Å². The maximum absolute atomic E-state index is 13.8. The molecule has 3 amide bonds. The summed E-state index contributed by atoms with van der Waals surface area (Å²) in [4.78, 5) is 43.6. The number of anilines is 1. The van der Waals surface area contributed by atoms with Crippen molar-refractivity contribution in [1.29, 1.82) is 0 Å². The predicted molar refractivity (Wildman–Crippen MR) is 110 cm³/mol. The summed E-state index contributed by atoms with van der Waals surface area (Å²) in [5.41, 5.74) is -0.488. The molecule has 0 aliphatic carbocycles. The number of methoxy groups -OCH3 is 1. The van der Waals surface area contributed by atoms with Crippen molar-refractivity contribution in [2.24, 2.45) is 21.2 Å². The molecule has 1 aromatic rings. The van der Waals surface area contributed by atoms with E-state index in [1.54, 1.807) is 24.3 Å². The van der Waals surface area contributed by atoms with Crippen LogP contribution in [0.1, 0.15) is 60.5 Å². The van der Waals surface area contributed by atoms with Crippen LogP contribution in [0.15, 0.2) is 29.3 Å². The van der Waals surface area contributed by atoms with E-state index in [0.29, 0.717) is 17.7 Å². The minimum absolute atomic E-state index is 0.0668. The first-order chi connectivity index (χ1) is 12.7. The average Bonchev–Trinajstić information content (AvgIpc) is 2.83.